The Kier molecular flexibility index (Phi) is 7.33. The highest BCUT2D eigenvalue weighted by molar-refractivity contribution is 7.14. The number of carbonyl (C=O) groups is 2. The molecule has 1 N–H and O–H groups in total. The zero-order valence-electron chi connectivity index (χ0n) is 21.8. The van der Waals surface area contributed by atoms with Crippen molar-refractivity contribution in [1.29, 1.82) is 0 Å². The number of rotatable bonds is 7. The molecule has 0 bridgehead atoms. The molecule has 0 atom stereocenters. The second-order valence-electron chi connectivity index (χ2n) is 9.14. The molecule has 0 aliphatic rings. The van der Waals surface area contributed by atoms with Gasteiger partial charge in [0.2, 0.25) is 0 Å². The maximum absolute atomic E-state index is 13.2. The van der Waals surface area contributed by atoms with Gasteiger partial charge in [-0.1, -0.05) is 66.2 Å². The fraction of sp³-hybridized carbons (Fsp3) is 0.0625. The summed E-state index contributed by atoms with van der Waals surface area (Å²) in [6.07, 6.45) is 0. The van der Waals surface area contributed by atoms with Crippen LogP contribution in [0.3, 0.4) is 0 Å². The van der Waals surface area contributed by atoms with E-state index in [0.29, 0.717) is 38.0 Å². The van der Waals surface area contributed by atoms with E-state index >= 15 is 0 Å². The number of fused-ring (bicyclic) bond motifs is 2. The van der Waals surface area contributed by atoms with Crippen LogP contribution in [-0.2, 0) is 9.53 Å². The molecule has 6 rings (SSSR count). The summed E-state index contributed by atoms with van der Waals surface area (Å²) in [4.78, 5) is 35.1. The van der Waals surface area contributed by atoms with E-state index in [9.17, 15) is 9.59 Å². The molecule has 0 aliphatic carbocycles. The number of carbonyl (C=O) groups excluding carboxylic acids is 2. The van der Waals surface area contributed by atoms with E-state index in [1.54, 1.807) is 30.7 Å². The van der Waals surface area contributed by atoms with Crippen molar-refractivity contribution in [2.45, 2.75) is 0 Å². The number of nitrogens with one attached hydrogen (secondary N) is 1. The average Bonchev–Trinajstić information content (AvgIpc) is 3.46. The topological polar surface area (TPSA) is 90.4 Å². The van der Waals surface area contributed by atoms with Crippen molar-refractivity contribution in [2.75, 3.05) is 19.0 Å². The predicted molar refractivity (Wildman–Crippen MR) is 163 cm³/mol. The molecule has 4 aromatic carbocycles. The van der Waals surface area contributed by atoms with E-state index in [4.69, 9.17) is 26.1 Å². The number of benzene rings is 4. The number of thiazole rings is 1. The molecule has 2 aromatic heterocycles. The zero-order valence-corrected chi connectivity index (χ0v) is 23.3. The Bertz CT molecular complexity index is 1940. The van der Waals surface area contributed by atoms with E-state index in [-0.39, 0.29) is 0 Å². The van der Waals surface area contributed by atoms with Crippen LogP contribution < -0.4 is 10.1 Å². The second-order valence-corrected chi connectivity index (χ2v) is 10.4. The van der Waals surface area contributed by atoms with Crippen molar-refractivity contribution in [3.8, 4) is 28.3 Å². The molecule has 0 aliphatic heterocycles. The maximum atomic E-state index is 13.2. The smallest absolute Gasteiger partial charge is 0.339 e. The molecule has 0 saturated carbocycles. The van der Waals surface area contributed by atoms with E-state index in [0.717, 1.165) is 27.6 Å². The van der Waals surface area contributed by atoms with Crippen LogP contribution in [0.15, 0.2) is 96.4 Å². The number of nitrogens with zero attached hydrogens (tertiary/aromatic N) is 2. The normalized spacial score (nSPS) is 11.0. The lowest BCUT2D eigenvalue weighted by molar-refractivity contribution is -0.119. The summed E-state index contributed by atoms with van der Waals surface area (Å²) >= 11 is 7.51. The van der Waals surface area contributed by atoms with E-state index < -0.39 is 18.5 Å². The van der Waals surface area contributed by atoms with Crippen molar-refractivity contribution in [3.05, 3.63) is 107 Å². The number of pyridine rings is 1. The van der Waals surface area contributed by atoms with Gasteiger partial charge in [0.05, 0.1) is 29.6 Å². The van der Waals surface area contributed by atoms with Crippen LogP contribution in [0.5, 0.6) is 5.75 Å². The molecule has 0 saturated heterocycles. The Balaban J connectivity index is 1.21. The predicted octanol–water partition coefficient (Wildman–Crippen LogP) is 7.64. The first kappa shape index (κ1) is 26.4. The lowest BCUT2D eigenvalue weighted by Crippen LogP contribution is -2.21. The Morgan fingerprint density at radius 2 is 1.66 bits per heavy atom. The number of hydrogen-bond donors (Lipinski definition) is 1. The molecule has 0 unspecified atom stereocenters. The van der Waals surface area contributed by atoms with Crippen LogP contribution in [0.2, 0.25) is 5.02 Å². The van der Waals surface area contributed by atoms with Crippen LogP contribution in [0.25, 0.3) is 44.2 Å². The monoisotopic (exact) mass is 579 g/mol. The third-order valence-corrected chi connectivity index (χ3v) is 7.60. The number of halogens is 1. The van der Waals surface area contributed by atoms with Crippen LogP contribution in [0.4, 0.5) is 5.13 Å². The molecule has 9 heteroatoms. The van der Waals surface area contributed by atoms with E-state index in [2.05, 4.69) is 10.3 Å². The number of amides is 1. The fourth-order valence-electron chi connectivity index (χ4n) is 4.49. The largest absolute Gasteiger partial charge is 0.497 e. The standard InChI is InChI=1S/C32H22ClN3O4S/c1-39-22-13-12-19-14-21(11-10-20(19)15-22)28-16-25(23-6-3-5-9-27(23)34-28)31(38)40-17-30(37)36-32-35-29(18-41-32)24-7-2-4-8-26(24)33/h2-16,18H,17H2,1H3,(H,35,36,37). The summed E-state index contributed by atoms with van der Waals surface area (Å²) in [5.74, 6) is -0.345. The number of methoxy groups -OCH3 is 1. The highest BCUT2D eigenvalue weighted by atomic mass is 35.5. The highest BCUT2D eigenvalue weighted by Gasteiger charge is 2.18. The summed E-state index contributed by atoms with van der Waals surface area (Å²) in [7, 11) is 1.63. The van der Waals surface area contributed by atoms with Crippen molar-refractivity contribution in [1.82, 2.24) is 9.97 Å². The summed E-state index contributed by atoms with van der Waals surface area (Å²) < 4.78 is 10.8. The van der Waals surface area contributed by atoms with E-state index in [1.165, 1.54) is 11.3 Å². The quantitative estimate of drug-likeness (QED) is 0.195. The van der Waals surface area contributed by atoms with Crippen LogP contribution in [-0.4, -0.2) is 35.6 Å². The molecular formula is C32H22ClN3O4S. The maximum Gasteiger partial charge on any atom is 0.339 e. The Labute approximate surface area is 244 Å². The molecule has 6 aromatic rings. The van der Waals surface area contributed by atoms with Gasteiger partial charge in [0.1, 0.15) is 5.75 Å². The molecule has 7 nitrogen and oxygen atoms in total. The SMILES string of the molecule is COc1ccc2cc(-c3cc(C(=O)OCC(=O)Nc4nc(-c5ccccc5Cl)cs4)c4ccccc4n3)ccc2c1. The van der Waals surface area contributed by atoms with Crippen molar-refractivity contribution in [2.24, 2.45) is 0 Å². The minimum absolute atomic E-state index is 0.323. The Hall–Kier alpha value is -4.79. The van der Waals surface area contributed by atoms with Crippen molar-refractivity contribution < 1.29 is 19.1 Å². The van der Waals surface area contributed by atoms with Gasteiger partial charge in [0.25, 0.3) is 5.91 Å². The fourth-order valence-corrected chi connectivity index (χ4v) is 5.45. The van der Waals surface area contributed by atoms with Gasteiger partial charge in [0.15, 0.2) is 11.7 Å². The van der Waals surface area contributed by atoms with Gasteiger partial charge >= 0.3 is 5.97 Å². The number of aromatic nitrogens is 2. The number of para-hydroxylation sites is 1. The van der Waals surface area contributed by atoms with Crippen molar-refractivity contribution in [3.63, 3.8) is 0 Å². The minimum Gasteiger partial charge on any atom is -0.497 e. The van der Waals surface area contributed by atoms with E-state index in [1.807, 2.05) is 72.8 Å². The van der Waals surface area contributed by atoms with Gasteiger partial charge in [-0.25, -0.2) is 14.8 Å². The second kappa shape index (κ2) is 11.4. The summed E-state index contributed by atoms with van der Waals surface area (Å²) in [6, 6.07) is 28.2. The molecule has 1 amide bonds. The summed E-state index contributed by atoms with van der Waals surface area (Å²) in [5, 5.41) is 8.11. The molecule has 0 fully saturated rings. The van der Waals surface area contributed by atoms with Gasteiger partial charge < -0.3 is 9.47 Å². The van der Waals surface area contributed by atoms with Crippen LogP contribution in [0, 0.1) is 0 Å². The molecule has 0 radical (unpaired) electrons. The number of anilines is 1. The molecule has 0 spiro atoms. The van der Waals surface area contributed by atoms with Gasteiger partial charge in [-0.05, 0) is 47.2 Å². The summed E-state index contributed by atoms with van der Waals surface area (Å²) in [6.45, 7) is -0.469. The first-order chi connectivity index (χ1) is 20.0. The third kappa shape index (κ3) is 5.61. The number of ether oxygens (including phenoxy) is 2. The molecule has 2 heterocycles. The Morgan fingerprint density at radius 3 is 2.51 bits per heavy atom. The molecular weight excluding hydrogens is 558 g/mol. The average molecular weight is 580 g/mol. The van der Waals surface area contributed by atoms with Crippen LogP contribution in [0.1, 0.15) is 10.4 Å². The van der Waals surface area contributed by atoms with Gasteiger partial charge in [0, 0.05) is 26.9 Å². The lowest BCUT2D eigenvalue weighted by Gasteiger charge is -2.11. The van der Waals surface area contributed by atoms with Gasteiger partial charge in [-0.2, -0.15) is 0 Å². The van der Waals surface area contributed by atoms with Gasteiger partial charge in [-0.3, -0.25) is 10.1 Å². The minimum atomic E-state index is -0.624. The van der Waals surface area contributed by atoms with Crippen molar-refractivity contribution >= 4 is 61.6 Å². The molecule has 202 valence electrons. The third-order valence-electron chi connectivity index (χ3n) is 6.51. The highest BCUT2D eigenvalue weighted by Crippen LogP contribution is 2.31. The number of hydrogen-bond acceptors (Lipinski definition) is 7. The zero-order chi connectivity index (χ0) is 28.3. The first-order valence-corrected chi connectivity index (χ1v) is 13.9. The molecule has 41 heavy (non-hydrogen) atoms. The Morgan fingerprint density at radius 1 is 0.878 bits per heavy atom. The number of esters is 1. The summed E-state index contributed by atoms with van der Waals surface area (Å²) in [5.41, 5.74) is 3.85. The van der Waals surface area contributed by atoms with Crippen LogP contribution >= 0.6 is 22.9 Å². The first-order valence-electron chi connectivity index (χ1n) is 12.6. The van der Waals surface area contributed by atoms with Gasteiger partial charge in [-0.15, -0.1) is 11.3 Å². The lowest BCUT2D eigenvalue weighted by atomic mass is 10.0.